The fraction of sp³-hybridized carbons (Fsp3) is 0.143. The minimum absolute atomic E-state index is 0.0599. The fourth-order valence-corrected chi connectivity index (χ4v) is 4.62. The standard InChI is InChI=1S/C21H21N3O4S2/c1-2-28-18-10-12-20(13-11-18)30(26,27)24(17-7-4-3-5-8-17)16-21(25)23-22-15-19-9-6-14-29-19/h3-15H,2,16H2,1H3,(H,23,25)/b22-15-. The number of para-hydroxylation sites is 1. The lowest BCUT2D eigenvalue weighted by atomic mass is 10.3. The zero-order valence-corrected chi connectivity index (χ0v) is 17.9. The number of rotatable bonds is 9. The van der Waals surface area contributed by atoms with Crippen LogP contribution in [0.15, 0.2) is 82.1 Å². The van der Waals surface area contributed by atoms with E-state index in [0.717, 1.165) is 9.18 Å². The second-order valence-electron chi connectivity index (χ2n) is 6.06. The van der Waals surface area contributed by atoms with Gasteiger partial charge in [-0.25, -0.2) is 13.8 Å². The number of sulfonamides is 1. The van der Waals surface area contributed by atoms with Crippen molar-refractivity contribution in [1.29, 1.82) is 0 Å². The van der Waals surface area contributed by atoms with Crippen molar-refractivity contribution in [2.45, 2.75) is 11.8 Å². The molecule has 2 aromatic carbocycles. The van der Waals surface area contributed by atoms with Gasteiger partial charge in [-0.3, -0.25) is 9.10 Å². The van der Waals surface area contributed by atoms with E-state index in [2.05, 4.69) is 10.5 Å². The number of anilines is 1. The van der Waals surface area contributed by atoms with Crippen LogP contribution in [0.1, 0.15) is 11.8 Å². The summed E-state index contributed by atoms with van der Waals surface area (Å²) in [6.45, 7) is 1.91. The highest BCUT2D eigenvalue weighted by Crippen LogP contribution is 2.25. The van der Waals surface area contributed by atoms with Crippen LogP contribution in [-0.2, 0) is 14.8 Å². The van der Waals surface area contributed by atoms with Gasteiger partial charge in [0.25, 0.3) is 15.9 Å². The first kappa shape index (κ1) is 21.5. The van der Waals surface area contributed by atoms with Gasteiger partial charge in [-0.1, -0.05) is 24.3 Å². The smallest absolute Gasteiger partial charge is 0.264 e. The Kier molecular flexibility index (Phi) is 7.21. The summed E-state index contributed by atoms with van der Waals surface area (Å²) in [5.74, 6) is 0.0181. The third-order valence-electron chi connectivity index (χ3n) is 3.98. The Hall–Kier alpha value is -3.17. The van der Waals surface area contributed by atoms with Crippen LogP contribution in [0.2, 0.25) is 0 Å². The summed E-state index contributed by atoms with van der Waals surface area (Å²) in [7, 11) is -3.98. The zero-order valence-electron chi connectivity index (χ0n) is 16.3. The average Bonchev–Trinajstić information content (AvgIpc) is 3.27. The van der Waals surface area contributed by atoms with E-state index in [1.165, 1.54) is 29.7 Å². The Morgan fingerprint density at radius 3 is 2.47 bits per heavy atom. The molecule has 9 heteroatoms. The molecule has 1 N–H and O–H groups in total. The number of hydrogen-bond acceptors (Lipinski definition) is 6. The SMILES string of the molecule is CCOc1ccc(S(=O)(=O)N(CC(=O)N/N=C\c2cccs2)c2ccccc2)cc1. The minimum atomic E-state index is -3.98. The number of hydrazone groups is 1. The number of carbonyl (C=O) groups is 1. The van der Waals surface area contributed by atoms with Gasteiger partial charge in [0.1, 0.15) is 12.3 Å². The molecule has 0 unspecified atom stereocenters. The maximum absolute atomic E-state index is 13.3. The second kappa shape index (κ2) is 10.0. The lowest BCUT2D eigenvalue weighted by Crippen LogP contribution is -2.39. The molecule has 0 spiro atoms. The topological polar surface area (TPSA) is 88.1 Å². The first-order valence-corrected chi connectivity index (χ1v) is 11.5. The van der Waals surface area contributed by atoms with Gasteiger partial charge in [-0.05, 0) is 54.8 Å². The van der Waals surface area contributed by atoms with E-state index in [4.69, 9.17) is 4.74 Å². The number of amides is 1. The summed E-state index contributed by atoms with van der Waals surface area (Å²) in [5.41, 5.74) is 2.76. The first-order valence-electron chi connectivity index (χ1n) is 9.17. The van der Waals surface area contributed by atoms with Gasteiger partial charge in [0.15, 0.2) is 0 Å². The predicted molar refractivity (Wildman–Crippen MR) is 119 cm³/mol. The Bertz CT molecular complexity index is 1080. The highest BCUT2D eigenvalue weighted by Gasteiger charge is 2.27. The van der Waals surface area contributed by atoms with Crippen LogP contribution in [0.4, 0.5) is 5.69 Å². The molecule has 30 heavy (non-hydrogen) atoms. The molecule has 1 heterocycles. The van der Waals surface area contributed by atoms with Crippen molar-refractivity contribution >= 4 is 39.2 Å². The van der Waals surface area contributed by atoms with Gasteiger partial charge in [0.2, 0.25) is 0 Å². The van der Waals surface area contributed by atoms with Crippen molar-refractivity contribution < 1.29 is 17.9 Å². The Morgan fingerprint density at radius 1 is 1.10 bits per heavy atom. The number of nitrogens with zero attached hydrogens (tertiary/aromatic N) is 2. The summed E-state index contributed by atoms with van der Waals surface area (Å²) in [4.78, 5) is 13.4. The quantitative estimate of drug-likeness (QED) is 0.405. The van der Waals surface area contributed by atoms with E-state index in [0.29, 0.717) is 18.0 Å². The Balaban J connectivity index is 1.82. The molecule has 0 aliphatic rings. The van der Waals surface area contributed by atoms with Crippen LogP contribution in [0.25, 0.3) is 0 Å². The van der Waals surface area contributed by atoms with Crippen molar-refractivity contribution in [2.75, 3.05) is 17.5 Å². The van der Waals surface area contributed by atoms with Crippen molar-refractivity contribution in [3.05, 3.63) is 77.0 Å². The normalized spacial score (nSPS) is 11.4. The molecule has 156 valence electrons. The molecule has 1 aromatic heterocycles. The van der Waals surface area contributed by atoms with Crippen LogP contribution >= 0.6 is 11.3 Å². The molecule has 7 nitrogen and oxygen atoms in total. The number of carbonyl (C=O) groups excluding carboxylic acids is 1. The third-order valence-corrected chi connectivity index (χ3v) is 6.57. The van der Waals surface area contributed by atoms with Gasteiger partial charge >= 0.3 is 0 Å². The van der Waals surface area contributed by atoms with E-state index < -0.39 is 22.5 Å². The van der Waals surface area contributed by atoms with Crippen LogP contribution in [-0.4, -0.2) is 33.7 Å². The maximum Gasteiger partial charge on any atom is 0.264 e. The second-order valence-corrected chi connectivity index (χ2v) is 8.90. The van der Waals surface area contributed by atoms with E-state index in [1.54, 1.807) is 42.5 Å². The number of ether oxygens (including phenoxy) is 1. The van der Waals surface area contributed by atoms with Crippen molar-refractivity contribution in [3.8, 4) is 5.75 Å². The van der Waals surface area contributed by atoms with Crippen LogP contribution in [0.3, 0.4) is 0 Å². The third kappa shape index (κ3) is 5.46. The summed E-state index contributed by atoms with van der Waals surface area (Å²) in [5, 5.41) is 5.79. The van der Waals surface area contributed by atoms with Crippen LogP contribution in [0.5, 0.6) is 5.75 Å². The monoisotopic (exact) mass is 443 g/mol. The zero-order chi connectivity index (χ0) is 21.4. The number of hydrogen-bond donors (Lipinski definition) is 1. The average molecular weight is 444 g/mol. The van der Waals surface area contributed by atoms with Gasteiger partial charge < -0.3 is 4.74 Å². The first-order chi connectivity index (χ1) is 14.5. The van der Waals surface area contributed by atoms with Crippen LogP contribution in [0, 0.1) is 0 Å². The summed E-state index contributed by atoms with van der Waals surface area (Å²) >= 11 is 1.47. The largest absolute Gasteiger partial charge is 0.494 e. The van der Waals surface area contributed by atoms with Crippen molar-refractivity contribution in [2.24, 2.45) is 5.10 Å². The molecule has 3 rings (SSSR count). The number of nitrogens with one attached hydrogen (secondary N) is 1. The lowest BCUT2D eigenvalue weighted by molar-refractivity contribution is -0.119. The molecule has 0 aliphatic carbocycles. The molecule has 1 amide bonds. The molecule has 0 saturated heterocycles. The highest BCUT2D eigenvalue weighted by molar-refractivity contribution is 7.92. The summed E-state index contributed by atoms with van der Waals surface area (Å²) < 4.78 is 33.0. The molecule has 0 atom stereocenters. The lowest BCUT2D eigenvalue weighted by Gasteiger charge is -2.23. The van der Waals surface area contributed by atoms with Crippen molar-refractivity contribution in [3.63, 3.8) is 0 Å². The summed E-state index contributed by atoms with van der Waals surface area (Å²) in [6.07, 6.45) is 1.51. The predicted octanol–water partition coefficient (Wildman–Crippen LogP) is 3.49. The van der Waals surface area contributed by atoms with Gasteiger partial charge in [-0.2, -0.15) is 5.10 Å². The summed E-state index contributed by atoms with van der Waals surface area (Å²) in [6, 6.07) is 18.3. The van der Waals surface area contributed by atoms with Crippen molar-refractivity contribution in [1.82, 2.24) is 5.43 Å². The molecule has 0 bridgehead atoms. The molecular formula is C21H21N3O4S2. The Morgan fingerprint density at radius 2 is 1.83 bits per heavy atom. The molecule has 0 aliphatic heterocycles. The molecule has 0 radical (unpaired) electrons. The van der Waals surface area contributed by atoms with Crippen LogP contribution < -0.4 is 14.5 Å². The molecule has 0 fully saturated rings. The highest BCUT2D eigenvalue weighted by atomic mass is 32.2. The number of thiophene rings is 1. The van der Waals surface area contributed by atoms with E-state index in [1.807, 2.05) is 24.4 Å². The number of benzene rings is 2. The van der Waals surface area contributed by atoms with Gasteiger partial charge in [-0.15, -0.1) is 11.3 Å². The van der Waals surface area contributed by atoms with E-state index >= 15 is 0 Å². The van der Waals surface area contributed by atoms with E-state index in [9.17, 15) is 13.2 Å². The van der Waals surface area contributed by atoms with Gasteiger partial charge in [0.05, 0.1) is 23.4 Å². The molecular weight excluding hydrogens is 422 g/mol. The Labute approximate surface area is 179 Å². The molecule has 3 aromatic rings. The maximum atomic E-state index is 13.3. The fourth-order valence-electron chi connectivity index (χ4n) is 2.61. The van der Waals surface area contributed by atoms with Gasteiger partial charge in [0, 0.05) is 4.88 Å². The van der Waals surface area contributed by atoms with E-state index in [-0.39, 0.29) is 4.90 Å². The minimum Gasteiger partial charge on any atom is -0.494 e. The molecule has 0 saturated carbocycles.